The predicted octanol–water partition coefficient (Wildman–Crippen LogP) is 2.21. The highest BCUT2D eigenvalue weighted by Gasteiger charge is 2.16. The summed E-state index contributed by atoms with van der Waals surface area (Å²) in [4.78, 5) is 11.9. The molecule has 0 aliphatic heterocycles. The highest BCUT2D eigenvalue weighted by atomic mass is 32.2. The maximum atomic E-state index is 11.9. The van der Waals surface area contributed by atoms with E-state index >= 15 is 0 Å². The zero-order valence-corrected chi connectivity index (χ0v) is 13.7. The number of carbonyl (C=O) groups excluding carboxylic acids is 1. The van der Waals surface area contributed by atoms with E-state index in [1.54, 1.807) is 6.26 Å². The van der Waals surface area contributed by atoms with Crippen LogP contribution in [0.1, 0.15) is 31.9 Å². The van der Waals surface area contributed by atoms with Crippen molar-refractivity contribution in [3.63, 3.8) is 0 Å². The van der Waals surface area contributed by atoms with Crippen LogP contribution in [0.5, 0.6) is 5.75 Å². The van der Waals surface area contributed by atoms with E-state index in [9.17, 15) is 9.00 Å². The van der Waals surface area contributed by atoms with Crippen molar-refractivity contribution in [3.8, 4) is 5.75 Å². The van der Waals surface area contributed by atoms with Crippen molar-refractivity contribution < 1.29 is 13.7 Å². The summed E-state index contributed by atoms with van der Waals surface area (Å²) in [7, 11) is -0.901. The lowest BCUT2D eigenvalue weighted by molar-refractivity contribution is 0.237. The average Bonchev–Trinajstić information content (AvgIpc) is 2.45. The Balaban J connectivity index is 2.66. The van der Waals surface area contributed by atoms with Crippen LogP contribution in [-0.4, -0.2) is 35.4 Å². The number of urea groups is 1. The standard InChI is InChI=1S/C15H24N2O3S/c1-4-13(17-15(18)16-10-11-21(3)19)12-8-6-7-9-14(12)20-5-2/h6-9,13H,4-5,10-11H2,1-3H3,(H2,16,17,18). The van der Waals surface area contributed by atoms with Crippen molar-refractivity contribution in [1.82, 2.24) is 10.6 Å². The molecule has 1 aromatic carbocycles. The molecule has 2 unspecified atom stereocenters. The first-order valence-electron chi connectivity index (χ1n) is 7.14. The van der Waals surface area contributed by atoms with Gasteiger partial charge in [0.25, 0.3) is 0 Å². The van der Waals surface area contributed by atoms with E-state index in [0.717, 1.165) is 17.7 Å². The maximum Gasteiger partial charge on any atom is 0.315 e. The molecule has 2 amide bonds. The Bertz CT molecular complexity index is 480. The van der Waals surface area contributed by atoms with E-state index in [0.29, 0.717) is 18.9 Å². The van der Waals surface area contributed by atoms with Gasteiger partial charge in [0.05, 0.1) is 12.6 Å². The summed E-state index contributed by atoms with van der Waals surface area (Å²) >= 11 is 0. The number of carbonyl (C=O) groups is 1. The number of benzene rings is 1. The van der Waals surface area contributed by atoms with Crippen molar-refractivity contribution in [3.05, 3.63) is 29.8 Å². The lowest BCUT2D eigenvalue weighted by atomic mass is 10.0. The van der Waals surface area contributed by atoms with Crippen molar-refractivity contribution in [2.24, 2.45) is 0 Å². The van der Waals surface area contributed by atoms with E-state index in [1.807, 2.05) is 38.1 Å². The number of nitrogens with one attached hydrogen (secondary N) is 2. The zero-order valence-electron chi connectivity index (χ0n) is 12.8. The Hall–Kier alpha value is -1.56. The van der Waals surface area contributed by atoms with E-state index in [1.165, 1.54) is 0 Å². The zero-order chi connectivity index (χ0) is 15.7. The summed E-state index contributed by atoms with van der Waals surface area (Å²) < 4.78 is 16.6. The summed E-state index contributed by atoms with van der Waals surface area (Å²) in [6, 6.07) is 7.35. The van der Waals surface area contributed by atoms with Crippen LogP contribution < -0.4 is 15.4 Å². The van der Waals surface area contributed by atoms with Crippen LogP contribution in [0.3, 0.4) is 0 Å². The van der Waals surface area contributed by atoms with Gasteiger partial charge in [-0.1, -0.05) is 25.1 Å². The Morgan fingerprint density at radius 2 is 2.05 bits per heavy atom. The van der Waals surface area contributed by atoms with Gasteiger partial charge in [0.2, 0.25) is 0 Å². The molecule has 0 saturated carbocycles. The Morgan fingerprint density at radius 1 is 1.33 bits per heavy atom. The van der Waals surface area contributed by atoms with E-state index < -0.39 is 10.8 Å². The minimum absolute atomic E-state index is 0.111. The van der Waals surface area contributed by atoms with Crippen molar-refractivity contribution in [2.45, 2.75) is 26.3 Å². The molecule has 1 aromatic rings. The smallest absolute Gasteiger partial charge is 0.315 e. The summed E-state index contributed by atoms with van der Waals surface area (Å²) in [5.74, 6) is 1.25. The molecule has 0 heterocycles. The number of hydrogen-bond donors (Lipinski definition) is 2. The van der Waals surface area contributed by atoms with Crippen molar-refractivity contribution in [2.75, 3.05) is 25.2 Å². The largest absolute Gasteiger partial charge is 0.494 e. The molecule has 0 fully saturated rings. The molecule has 0 aliphatic rings. The average molecular weight is 312 g/mol. The summed E-state index contributed by atoms with van der Waals surface area (Å²) in [5, 5.41) is 5.64. The molecule has 0 radical (unpaired) electrons. The molecular weight excluding hydrogens is 288 g/mol. The molecule has 5 nitrogen and oxygen atoms in total. The summed E-state index contributed by atoms with van der Waals surface area (Å²) in [5.41, 5.74) is 0.969. The third kappa shape index (κ3) is 6.16. The van der Waals surface area contributed by atoms with Gasteiger partial charge in [-0.2, -0.15) is 0 Å². The second-order valence-corrected chi connectivity index (χ2v) is 6.16. The Kier molecular flexibility index (Phi) is 7.82. The number of hydrogen-bond acceptors (Lipinski definition) is 3. The first-order valence-corrected chi connectivity index (χ1v) is 8.87. The van der Waals surface area contributed by atoms with Gasteiger partial charge in [-0.05, 0) is 19.4 Å². The lowest BCUT2D eigenvalue weighted by Crippen LogP contribution is -2.39. The first kappa shape index (κ1) is 17.5. The van der Waals surface area contributed by atoms with Gasteiger partial charge in [-0.25, -0.2) is 4.79 Å². The quantitative estimate of drug-likeness (QED) is 0.773. The minimum atomic E-state index is -0.901. The SMILES string of the molecule is CCOc1ccccc1C(CC)NC(=O)NCCS(C)=O. The Morgan fingerprint density at radius 3 is 2.67 bits per heavy atom. The first-order chi connectivity index (χ1) is 10.1. The molecule has 0 spiro atoms. The molecule has 0 aliphatic carbocycles. The normalized spacial score (nSPS) is 13.3. The molecule has 2 N–H and O–H groups in total. The van der Waals surface area contributed by atoms with E-state index in [4.69, 9.17) is 4.74 Å². The fourth-order valence-corrected chi connectivity index (χ4v) is 2.36. The van der Waals surface area contributed by atoms with Crippen LogP contribution in [-0.2, 0) is 10.8 Å². The highest BCUT2D eigenvalue weighted by molar-refractivity contribution is 7.84. The van der Waals surface area contributed by atoms with Crippen LogP contribution in [0.25, 0.3) is 0 Å². The monoisotopic (exact) mass is 312 g/mol. The molecule has 0 aromatic heterocycles. The molecule has 1 rings (SSSR count). The predicted molar refractivity (Wildman–Crippen MR) is 86.1 cm³/mol. The van der Waals surface area contributed by atoms with Gasteiger partial charge in [-0.3, -0.25) is 4.21 Å². The third-order valence-electron chi connectivity index (χ3n) is 2.98. The van der Waals surface area contributed by atoms with E-state index in [2.05, 4.69) is 10.6 Å². The van der Waals surface area contributed by atoms with Gasteiger partial charge >= 0.3 is 6.03 Å². The van der Waals surface area contributed by atoms with Crippen LogP contribution >= 0.6 is 0 Å². The molecule has 118 valence electrons. The van der Waals surface area contributed by atoms with Crippen LogP contribution in [0.4, 0.5) is 4.79 Å². The molecule has 21 heavy (non-hydrogen) atoms. The number of rotatable bonds is 8. The van der Waals surface area contributed by atoms with Crippen LogP contribution in [0, 0.1) is 0 Å². The van der Waals surface area contributed by atoms with Crippen molar-refractivity contribution in [1.29, 1.82) is 0 Å². The summed E-state index contributed by atoms with van der Waals surface area (Å²) in [6.45, 7) is 4.93. The second-order valence-electron chi connectivity index (χ2n) is 4.61. The molecular formula is C15H24N2O3S. The number of amides is 2. The van der Waals surface area contributed by atoms with Gasteiger partial charge in [0.15, 0.2) is 0 Å². The van der Waals surface area contributed by atoms with Gasteiger partial charge < -0.3 is 15.4 Å². The number of ether oxygens (including phenoxy) is 1. The third-order valence-corrected chi connectivity index (χ3v) is 3.76. The molecule has 2 atom stereocenters. The van der Waals surface area contributed by atoms with E-state index in [-0.39, 0.29) is 12.1 Å². The topological polar surface area (TPSA) is 67.4 Å². The number of para-hydroxylation sites is 1. The Labute approximate surface area is 128 Å². The summed E-state index contributed by atoms with van der Waals surface area (Å²) in [6.07, 6.45) is 2.38. The van der Waals surface area contributed by atoms with Crippen molar-refractivity contribution >= 4 is 16.8 Å². The fourth-order valence-electron chi connectivity index (χ4n) is 1.97. The minimum Gasteiger partial charge on any atom is -0.494 e. The lowest BCUT2D eigenvalue weighted by Gasteiger charge is -2.20. The van der Waals surface area contributed by atoms with Gasteiger partial charge in [0, 0.05) is 34.9 Å². The van der Waals surface area contributed by atoms with Gasteiger partial charge in [0.1, 0.15) is 5.75 Å². The van der Waals surface area contributed by atoms with Gasteiger partial charge in [-0.15, -0.1) is 0 Å². The van der Waals surface area contributed by atoms with Crippen LogP contribution in [0.2, 0.25) is 0 Å². The maximum absolute atomic E-state index is 11.9. The molecule has 0 saturated heterocycles. The fraction of sp³-hybridized carbons (Fsp3) is 0.533. The highest BCUT2D eigenvalue weighted by Crippen LogP contribution is 2.27. The second kappa shape index (κ2) is 9.39. The van der Waals surface area contributed by atoms with Crippen LogP contribution in [0.15, 0.2) is 24.3 Å². The molecule has 0 bridgehead atoms. The molecule has 6 heteroatoms.